The Bertz CT molecular complexity index is 423. The van der Waals surface area contributed by atoms with E-state index in [4.69, 9.17) is 4.74 Å². The summed E-state index contributed by atoms with van der Waals surface area (Å²) < 4.78 is 5.02. The quantitative estimate of drug-likeness (QED) is 0.834. The summed E-state index contributed by atoms with van der Waals surface area (Å²) in [6, 6.07) is 7.43. The van der Waals surface area contributed by atoms with Crippen molar-refractivity contribution in [1.82, 2.24) is 0 Å². The van der Waals surface area contributed by atoms with Crippen molar-refractivity contribution in [2.45, 2.75) is 33.8 Å². The topological polar surface area (TPSA) is 55.4 Å². The Labute approximate surface area is 107 Å². The van der Waals surface area contributed by atoms with Gasteiger partial charge in [0, 0.05) is 5.69 Å². The average Bonchev–Trinajstić information content (AvgIpc) is 2.31. The number of rotatable bonds is 4. The lowest BCUT2D eigenvalue weighted by atomic mass is 10.2. The van der Waals surface area contributed by atoms with Crippen LogP contribution in [0.2, 0.25) is 0 Å². The average molecular weight is 249 g/mol. The Kier molecular flexibility index (Phi) is 4.89. The Morgan fingerprint density at radius 3 is 2.17 bits per heavy atom. The standard InChI is InChI=1S/C14H19NO3/c1-9(2)14(17)18-11(4)13(16)15-12-7-5-10(3)6-8-12/h5-9,11H,1-4H3,(H,15,16)/t11-/m1/s1. The number of carbonyl (C=O) groups excluding carboxylic acids is 2. The number of carbonyl (C=O) groups is 2. The van der Waals surface area contributed by atoms with Crippen molar-refractivity contribution in [3.05, 3.63) is 29.8 Å². The molecule has 0 unspecified atom stereocenters. The van der Waals surface area contributed by atoms with Gasteiger partial charge in [0.1, 0.15) is 0 Å². The van der Waals surface area contributed by atoms with Gasteiger partial charge in [-0.2, -0.15) is 0 Å². The summed E-state index contributed by atoms with van der Waals surface area (Å²) in [7, 11) is 0. The van der Waals surface area contributed by atoms with Crippen molar-refractivity contribution in [2.75, 3.05) is 5.32 Å². The summed E-state index contributed by atoms with van der Waals surface area (Å²) in [5.74, 6) is -0.936. The van der Waals surface area contributed by atoms with Crippen LogP contribution in [0.5, 0.6) is 0 Å². The van der Waals surface area contributed by atoms with Gasteiger partial charge in [-0.3, -0.25) is 9.59 Å². The molecular formula is C14H19NO3. The van der Waals surface area contributed by atoms with Gasteiger partial charge in [-0.25, -0.2) is 0 Å². The van der Waals surface area contributed by atoms with Gasteiger partial charge in [0.2, 0.25) is 0 Å². The summed E-state index contributed by atoms with van der Waals surface area (Å²) in [5, 5.41) is 2.70. The molecule has 1 atom stereocenters. The molecule has 0 aliphatic heterocycles. The molecule has 1 aromatic carbocycles. The molecule has 0 fully saturated rings. The van der Waals surface area contributed by atoms with Crippen molar-refractivity contribution in [3.8, 4) is 0 Å². The number of nitrogens with one attached hydrogen (secondary N) is 1. The number of hydrogen-bond donors (Lipinski definition) is 1. The summed E-state index contributed by atoms with van der Waals surface area (Å²) in [6.45, 7) is 6.99. The van der Waals surface area contributed by atoms with Crippen LogP contribution in [0.3, 0.4) is 0 Å². The second-order valence-electron chi connectivity index (χ2n) is 4.59. The first-order chi connectivity index (χ1) is 8.40. The molecule has 0 spiro atoms. The highest BCUT2D eigenvalue weighted by Gasteiger charge is 2.19. The van der Waals surface area contributed by atoms with Crippen LogP contribution < -0.4 is 5.32 Å². The van der Waals surface area contributed by atoms with Crippen molar-refractivity contribution in [2.24, 2.45) is 5.92 Å². The minimum atomic E-state index is -0.791. The van der Waals surface area contributed by atoms with Gasteiger partial charge in [-0.1, -0.05) is 31.5 Å². The first kappa shape index (κ1) is 14.2. The third-order valence-electron chi connectivity index (χ3n) is 2.45. The van der Waals surface area contributed by atoms with Gasteiger partial charge < -0.3 is 10.1 Å². The normalized spacial score (nSPS) is 12.1. The highest BCUT2D eigenvalue weighted by molar-refractivity contribution is 5.95. The van der Waals surface area contributed by atoms with E-state index in [2.05, 4.69) is 5.32 Å². The molecule has 0 aliphatic carbocycles. The molecule has 4 heteroatoms. The Hall–Kier alpha value is -1.84. The predicted octanol–water partition coefficient (Wildman–Crippen LogP) is 2.52. The number of anilines is 1. The fourth-order valence-electron chi connectivity index (χ4n) is 1.24. The molecule has 1 N–H and O–H groups in total. The van der Waals surface area contributed by atoms with Crippen LogP contribution >= 0.6 is 0 Å². The molecule has 0 aromatic heterocycles. The predicted molar refractivity (Wildman–Crippen MR) is 70.2 cm³/mol. The van der Waals surface area contributed by atoms with Gasteiger partial charge in [0.25, 0.3) is 5.91 Å². The van der Waals surface area contributed by atoms with E-state index in [0.29, 0.717) is 5.69 Å². The lowest BCUT2D eigenvalue weighted by Crippen LogP contribution is -2.31. The van der Waals surface area contributed by atoms with E-state index in [1.54, 1.807) is 20.8 Å². The minimum Gasteiger partial charge on any atom is -0.452 e. The highest BCUT2D eigenvalue weighted by Crippen LogP contribution is 2.10. The molecule has 1 amide bonds. The number of hydrogen-bond acceptors (Lipinski definition) is 3. The molecule has 0 heterocycles. The number of ether oxygens (including phenoxy) is 1. The van der Waals surface area contributed by atoms with Crippen LogP contribution in [0.15, 0.2) is 24.3 Å². The molecule has 0 bridgehead atoms. The Morgan fingerprint density at radius 2 is 1.67 bits per heavy atom. The van der Waals surface area contributed by atoms with Crippen molar-refractivity contribution in [1.29, 1.82) is 0 Å². The molecule has 0 aliphatic rings. The van der Waals surface area contributed by atoms with E-state index < -0.39 is 6.10 Å². The van der Waals surface area contributed by atoms with Crippen molar-refractivity contribution in [3.63, 3.8) is 0 Å². The number of benzene rings is 1. The fraction of sp³-hybridized carbons (Fsp3) is 0.429. The summed E-state index contributed by atoms with van der Waals surface area (Å²) in [4.78, 5) is 23.1. The van der Waals surface area contributed by atoms with E-state index in [1.165, 1.54) is 0 Å². The SMILES string of the molecule is Cc1ccc(NC(=O)[C@@H](C)OC(=O)C(C)C)cc1. The molecule has 1 rings (SSSR count). The van der Waals surface area contributed by atoms with Crippen LogP contribution in [0, 0.1) is 12.8 Å². The third kappa shape index (κ3) is 4.20. The van der Waals surface area contributed by atoms with Crippen molar-refractivity contribution < 1.29 is 14.3 Å². The molecule has 1 aromatic rings. The summed E-state index contributed by atoms with van der Waals surface area (Å²) in [6.07, 6.45) is -0.791. The van der Waals surface area contributed by atoms with Crippen LogP contribution in [-0.2, 0) is 14.3 Å². The smallest absolute Gasteiger partial charge is 0.309 e. The molecule has 18 heavy (non-hydrogen) atoms. The van der Waals surface area contributed by atoms with Crippen LogP contribution in [0.4, 0.5) is 5.69 Å². The second-order valence-corrected chi connectivity index (χ2v) is 4.59. The van der Waals surface area contributed by atoms with Crippen LogP contribution in [0.25, 0.3) is 0 Å². The fourth-order valence-corrected chi connectivity index (χ4v) is 1.24. The number of esters is 1. The molecular weight excluding hydrogens is 230 g/mol. The third-order valence-corrected chi connectivity index (χ3v) is 2.45. The van der Waals surface area contributed by atoms with E-state index in [0.717, 1.165) is 5.56 Å². The Balaban J connectivity index is 2.54. The van der Waals surface area contributed by atoms with E-state index in [-0.39, 0.29) is 17.8 Å². The van der Waals surface area contributed by atoms with E-state index in [1.807, 2.05) is 31.2 Å². The van der Waals surface area contributed by atoms with Gasteiger partial charge in [-0.05, 0) is 26.0 Å². The van der Waals surface area contributed by atoms with Crippen LogP contribution in [0.1, 0.15) is 26.3 Å². The maximum absolute atomic E-state index is 11.8. The second kappa shape index (κ2) is 6.19. The highest BCUT2D eigenvalue weighted by atomic mass is 16.5. The summed E-state index contributed by atoms with van der Waals surface area (Å²) in [5.41, 5.74) is 1.81. The lowest BCUT2D eigenvalue weighted by molar-refractivity contribution is -0.156. The maximum atomic E-state index is 11.8. The van der Waals surface area contributed by atoms with Crippen LogP contribution in [-0.4, -0.2) is 18.0 Å². The molecule has 0 saturated heterocycles. The minimum absolute atomic E-state index is 0.236. The first-order valence-corrected chi connectivity index (χ1v) is 5.98. The first-order valence-electron chi connectivity index (χ1n) is 5.98. The molecule has 0 radical (unpaired) electrons. The zero-order valence-electron chi connectivity index (χ0n) is 11.2. The molecule has 0 saturated carbocycles. The Morgan fingerprint density at radius 1 is 1.11 bits per heavy atom. The van der Waals surface area contributed by atoms with E-state index >= 15 is 0 Å². The van der Waals surface area contributed by atoms with Gasteiger partial charge in [0.05, 0.1) is 5.92 Å². The summed E-state index contributed by atoms with van der Waals surface area (Å²) >= 11 is 0. The number of amides is 1. The monoisotopic (exact) mass is 249 g/mol. The number of aryl methyl sites for hydroxylation is 1. The zero-order chi connectivity index (χ0) is 13.7. The lowest BCUT2D eigenvalue weighted by Gasteiger charge is -2.14. The zero-order valence-corrected chi connectivity index (χ0v) is 11.2. The largest absolute Gasteiger partial charge is 0.452 e. The molecule has 4 nitrogen and oxygen atoms in total. The van der Waals surface area contributed by atoms with Gasteiger partial charge >= 0.3 is 5.97 Å². The molecule has 98 valence electrons. The van der Waals surface area contributed by atoms with E-state index in [9.17, 15) is 9.59 Å². The van der Waals surface area contributed by atoms with Crippen molar-refractivity contribution >= 4 is 17.6 Å². The van der Waals surface area contributed by atoms with Gasteiger partial charge in [-0.15, -0.1) is 0 Å². The maximum Gasteiger partial charge on any atom is 0.309 e. The van der Waals surface area contributed by atoms with Gasteiger partial charge in [0.15, 0.2) is 6.10 Å².